The number of benzene rings is 2. The fourth-order valence-corrected chi connectivity index (χ4v) is 4.53. The molecule has 5 nitrogen and oxygen atoms in total. The van der Waals surface area contributed by atoms with Crippen molar-refractivity contribution in [1.82, 2.24) is 4.98 Å². The third-order valence-corrected chi connectivity index (χ3v) is 6.23. The van der Waals surface area contributed by atoms with Gasteiger partial charge in [0.25, 0.3) is 0 Å². The van der Waals surface area contributed by atoms with Gasteiger partial charge in [-0.05, 0) is 50.6 Å². The van der Waals surface area contributed by atoms with E-state index in [0.717, 1.165) is 48.6 Å². The first kappa shape index (κ1) is 21.1. The summed E-state index contributed by atoms with van der Waals surface area (Å²) in [6.07, 6.45) is 2.15. The largest absolute Gasteiger partial charge is 0.545 e. The first-order valence-electron chi connectivity index (χ1n) is 11.1. The summed E-state index contributed by atoms with van der Waals surface area (Å²) in [4.78, 5) is 20.7. The average Bonchev–Trinajstić information content (AvgIpc) is 2.79. The van der Waals surface area contributed by atoms with Crippen molar-refractivity contribution in [2.24, 2.45) is 0 Å². The second-order valence-electron chi connectivity index (χ2n) is 8.01. The summed E-state index contributed by atoms with van der Waals surface area (Å²) in [6.45, 7) is 10.8. The van der Waals surface area contributed by atoms with Gasteiger partial charge in [-0.3, -0.25) is 0 Å². The van der Waals surface area contributed by atoms with Crippen LogP contribution in [-0.2, 0) is 6.54 Å². The van der Waals surface area contributed by atoms with Crippen molar-refractivity contribution in [2.45, 2.75) is 27.3 Å². The van der Waals surface area contributed by atoms with Crippen LogP contribution in [0.4, 0.5) is 5.69 Å². The normalized spacial score (nSPS) is 17.0. The first-order valence-corrected chi connectivity index (χ1v) is 11.1. The van der Waals surface area contributed by atoms with Crippen molar-refractivity contribution < 1.29 is 14.8 Å². The molecular weight excluding hydrogens is 386 g/mol. The molecule has 1 N–H and O–H groups in total. The minimum absolute atomic E-state index is 0.286. The maximum atomic E-state index is 12.1. The van der Waals surface area contributed by atoms with Crippen LogP contribution < -0.4 is 14.9 Å². The molecule has 1 unspecified atom stereocenters. The van der Waals surface area contributed by atoms with Gasteiger partial charge in [0.2, 0.25) is 0 Å². The third-order valence-electron chi connectivity index (χ3n) is 6.23. The van der Waals surface area contributed by atoms with E-state index < -0.39 is 5.97 Å². The number of fused-ring (bicyclic) bond motifs is 2. The van der Waals surface area contributed by atoms with Crippen LogP contribution in [0.5, 0.6) is 0 Å². The van der Waals surface area contributed by atoms with Crippen LogP contribution >= 0.6 is 0 Å². The number of carbonyl (C=O) groups is 1. The standard InChI is InChI=1S/C26H29N3O2/c1-4-28-16-19(15-18-11-13-20(14-12-18)29(5-2)6-3)25-22(17-28)24(26(30)31)21-9-7-8-10-23(21)27-25/h7-15H,4-6,16-17H2,1-3H3,(H,30,31)/b19-15+. The van der Waals surface area contributed by atoms with Gasteiger partial charge in [0.1, 0.15) is 13.1 Å². The van der Waals surface area contributed by atoms with Crippen molar-refractivity contribution in [1.29, 1.82) is 0 Å². The molecule has 0 aliphatic carbocycles. The van der Waals surface area contributed by atoms with E-state index in [-0.39, 0.29) is 5.56 Å². The smallest absolute Gasteiger partial charge is 0.106 e. The topological polar surface area (TPSA) is 60.7 Å². The lowest BCUT2D eigenvalue weighted by molar-refractivity contribution is -0.905. The summed E-state index contributed by atoms with van der Waals surface area (Å²) in [5, 5.41) is 12.8. The van der Waals surface area contributed by atoms with Crippen molar-refractivity contribution in [3.05, 3.63) is 70.9 Å². The molecule has 1 aromatic heterocycles. The number of anilines is 1. The zero-order valence-corrected chi connectivity index (χ0v) is 18.4. The van der Waals surface area contributed by atoms with Crippen LogP contribution in [0.1, 0.15) is 48.0 Å². The van der Waals surface area contributed by atoms with Crippen LogP contribution in [-0.4, -0.2) is 37.1 Å². The molecule has 3 aromatic rings. The lowest BCUT2D eigenvalue weighted by atomic mass is 9.92. The predicted molar refractivity (Wildman–Crippen MR) is 124 cm³/mol. The summed E-state index contributed by atoms with van der Waals surface area (Å²) in [5.41, 5.74) is 5.94. The Balaban J connectivity index is 1.84. The number of quaternary nitrogens is 1. The van der Waals surface area contributed by atoms with E-state index in [1.807, 2.05) is 24.3 Å². The Morgan fingerprint density at radius 3 is 2.42 bits per heavy atom. The number of aromatic carboxylic acids is 1. The number of nitrogens with zero attached hydrogens (tertiary/aromatic N) is 2. The van der Waals surface area contributed by atoms with Crippen molar-refractivity contribution in [3.8, 4) is 0 Å². The number of pyridine rings is 1. The second kappa shape index (κ2) is 8.90. The molecule has 0 saturated heterocycles. The molecule has 5 heteroatoms. The van der Waals surface area contributed by atoms with Gasteiger partial charge in [0.15, 0.2) is 0 Å². The van der Waals surface area contributed by atoms with Crippen molar-refractivity contribution >= 4 is 34.2 Å². The van der Waals surface area contributed by atoms with Gasteiger partial charge in [-0.25, -0.2) is 4.98 Å². The predicted octanol–water partition coefficient (Wildman–Crippen LogP) is 2.40. The van der Waals surface area contributed by atoms with E-state index in [1.165, 1.54) is 10.6 Å². The lowest BCUT2D eigenvalue weighted by Gasteiger charge is -2.29. The SMILES string of the molecule is CCN(CC)c1ccc(/C=C2\C[NH+](CC)Cc3c2nc2ccccc2c3C(=O)[O-])cc1. The highest BCUT2D eigenvalue weighted by Gasteiger charge is 2.28. The molecule has 0 fully saturated rings. The number of hydrogen-bond acceptors (Lipinski definition) is 4. The zero-order chi connectivity index (χ0) is 22.0. The number of aromatic nitrogens is 1. The number of carboxylic acid groups (broad SMARTS) is 1. The summed E-state index contributed by atoms with van der Waals surface area (Å²) in [5.74, 6) is -1.13. The highest BCUT2D eigenvalue weighted by Crippen LogP contribution is 2.30. The minimum Gasteiger partial charge on any atom is -0.545 e. The number of carboxylic acids is 1. The number of likely N-dealkylation sites (N-methyl/N-ethyl adjacent to an activating group) is 1. The maximum absolute atomic E-state index is 12.1. The number of hydrogen-bond donors (Lipinski definition) is 1. The second-order valence-corrected chi connectivity index (χ2v) is 8.01. The fourth-order valence-electron chi connectivity index (χ4n) is 4.53. The summed E-state index contributed by atoms with van der Waals surface area (Å²) < 4.78 is 0. The summed E-state index contributed by atoms with van der Waals surface area (Å²) >= 11 is 0. The molecule has 2 aromatic carbocycles. The van der Waals surface area contributed by atoms with E-state index in [1.54, 1.807) is 0 Å². The van der Waals surface area contributed by atoms with Crippen LogP contribution in [0.3, 0.4) is 0 Å². The van der Waals surface area contributed by atoms with Gasteiger partial charge in [-0.2, -0.15) is 0 Å². The maximum Gasteiger partial charge on any atom is 0.106 e. The Bertz CT molecular complexity index is 1130. The Morgan fingerprint density at radius 1 is 1.06 bits per heavy atom. The highest BCUT2D eigenvalue weighted by atomic mass is 16.4. The monoisotopic (exact) mass is 415 g/mol. The number of carbonyl (C=O) groups excluding carboxylic acids is 1. The van der Waals surface area contributed by atoms with E-state index in [2.05, 4.69) is 56.0 Å². The number of nitrogens with one attached hydrogen (secondary N) is 1. The molecule has 1 aliphatic heterocycles. The van der Waals surface area contributed by atoms with Gasteiger partial charge >= 0.3 is 0 Å². The Kier molecular flexibility index (Phi) is 6.05. The van der Waals surface area contributed by atoms with Crippen LogP contribution in [0.15, 0.2) is 48.5 Å². The van der Waals surface area contributed by atoms with E-state index >= 15 is 0 Å². The van der Waals surface area contributed by atoms with Crippen LogP contribution in [0.2, 0.25) is 0 Å². The van der Waals surface area contributed by atoms with Gasteiger partial charge in [0.05, 0.1) is 23.7 Å². The molecule has 0 saturated carbocycles. The molecule has 160 valence electrons. The molecule has 4 rings (SSSR count). The molecule has 0 bridgehead atoms. The third kappa shape index (κ3) is 4.06. The van der Waals surface area contributed by atoms with Gasteiger partial charge < -0.3 is 19.7 Å². The summed E-state index contributed by atoms with van der Waals surface area (Å²) in [7, 11) is 0. The molecule has 0 spiro atoms. The highest BCUT2D eigenvalue weighted by molar-refractivity contribution is 6.05. The zero-order valence-electron chi connectivity index (χ0n) is 18.4. The van der Waals surface area contributed by atoms with Crippen molar-refractivity contribution in [2.75, 3.05) is 31.1 Å². The van der Waals surface area contributed by atoms with Crippen LogP contribution in [0, 0.1) is 0 Å². The molecule has 0 amide bonds. The van der Waals surface area contributed by atoms with E-state index in [0.29, 0.717) is 17.4 Å². The number of rotatable bonds is 6. The quantitative estimate of drug-likeness (QED) is 0.672. The lowest BCUT2D eigenvalue weighted by Crippen LogP contribution is -3.11. The molecule has 1 atom stereocenters. The average molecular weight is 416 g/mol. The molecule has 2 heterocycles. The summed E-state index contributed by atoms with van der Waals surface area (Å²) in [6, 6.07) is 16.0. The fraction of sp³-hybridized carbons (Fsp3) is 0.308. The molecule has 31 heavy (non-hydrogen) atoms. The molecule has 0 radical (unpaired) electrons. The Hall–Kier alpha value is -3.18. The van der Waals surface area contributed by atoms with Crippen molar-refractivity contribution in [3.63, 3.8) is 0 Å². The molecular formula is C26H29N3O2. The van der Waals surface area contributed by atoms with Gasteiger partial charge in [-0.15, -0.1) is 0 Å². The Labute approximate surface area is 183 Å². The van der Waals surface area contributed by atoms with Gasteiger partial charge in [-0.1, -0.05) is 30.3 Å². The molecule has 1 aliphatic rings. The van der Waals surface area contributed by atoms with Gasteiger partial charge in [0, 0.05) is 40.9 Å². The van der Waals surface area contributed by atoms with E-state index in [4.69, 9.17) is 4.98 Å². The minimum atomic E-state index is -1.13. The first-order chi connectivity index (χ1) is 15.0. The number of para-hydroxylation sites is 1. The Morgan fingerprint density at radius 2 is 1.77 bits per heavy atom. The van der Waals surface area contributed by atoms with E-state index in [9.17, 15) is 9.90 Å². The van der Waals surface area contributed by atoms with Crippen LogP contribution in [0.25, 0.3) is 22.6 Å².